The lowest BCUT2D eigenvalue weighted by Gasteiger charge is -2.28. The average Bonchev–Trinajstić information content (AvgIpc) is 2.95. The highest BCUT2D eigenvalue weighted by atomic mass is 32.1. The Bertz CT molecular complexity index is 418. The lowest BCUT2D eigenvalue weighted by molar-refractivity contribution is 0.0808. The summed E-state index contributed by atoms with van der Waals surface area (Å²) in [5.74, 6) is 0.110. The first kappa shape index (κ1) is 13.7. The van der Waals surface area contributed by atoms with Crippen LogP contribution in [0.5, 0.6) is 0 Å². The molecule has 2 rings (SSSR count). The van der Waals surface area contributed by atoms with E-state index in [4.69, 9.17) is 4.74 Å². The van der Waals surface area contributed by atoms with Gasteiger partial charge in [0, 0.05) is 6.54 Å². The van der Waals surface area contributed by atoms with E-state index in [1.54, 1.807) is 6.92 Å². The largest absolute Gasteiger partial charge is 0.389 e. The summed E-state index contributed by atoms with van der Waals surface area (Å²) >= 11 is 1.48. The van der Waals surface area contributed by atoms with Crippen LogP contribution in [-0.2, 0) is 11.3 Å². The Labute approximate surface area is 111 Å². The number of aliphatic hydroxyl groups is 1. The molecule has 100 valence electrons. The van der Waals surface area contributed by atoms with Crippen molar-refractivity contribution in [1.29, 1.82) is 0 Å². The summed E-state index contributed by atoms with van der Waals surface area (Å²) in [6.07, 6.45) is -0.407. The number of ketones is 1. The van der Waals surface area contributed by atoms with Crippen molar-refractivity contribution >= 4 is 17.1 Å². The number of nitrogens with zero attached hydrogens (tertiary/aromatic N) is 1. The molecule has 1 aliphatic rings. The number of carbonyl (C=O) groups is 1. The zero-order valence-corrected chi connectivity index (χ0v) is 11.6. The summed E-state index contributed by atoms with van der Waals surface area (Å²) in [6.45, 7) is 6.27. The van der Waals surface area contributed by atoms with Crippen LogP contribution >= 0.6 is 11.3 Å². The van der Waals surface area contributed by atoms with Crippen LogP contribution in [0.2, 0.25) is 0 Å². The summed E-state index contributed by atoms with van der Waals surface area (Å²) in [7, 11) is 0. The molecular weight excluding hydrogens is 250 g/mol. The van der Waals surface area contributed by atoms with E-state index >= 15 is 0 Å². The van der Waals surface area contributed by atoms with Crippen LogP contribution < -0.4 is 0 Å². The maximum Gasteiger partial charge on any atom is 0.169 e. The van der Waals surface area contributed by atoms with Crippen LogP contribution in [-0.4, -0.2) is 47.7 Å². The zero-order valence-electron chi connectivity index (χ0n) is 10.8. The molecule has 1 aromatic heterocycles. The van der Waals surface area contributed by atoms with Gasteiger partial charge in [-0.05, 0) is 30.5 Å². The van der Waals surface area contributed by atoms with Gasteiger partial charge in [-0.25, -0.2) is 0 Å². The normalized spacial score (nSPS) is 23.8. The molecule has 1 saturated heterocycles. The summed E-state index contributed by atoms with van der Waals surface area (Å²) in [4.78, 5) is 14.3. The van der Waals surface area contributed by atoms with Gasteiger partial charge < -0.3 is 9.84 Å². The van der Waals surface area contributed by atoms with Crippen LogP contribution in [0.15, 0.2) is 11.4 Å². The molecule has 0 amide bonds. The number of ether oxygens (including phenoxy) is 1. The third-order valence-electron chi connectivity index (χ3n) is 3.28. The standard InChI is InChI=1S/C13H19NO3S/c1-3-14(11-6-17-7-12(11)16)5-10-4-13(9(2)15)18-8-10/h4,8,11-12,16H,3,5-7H2,1-2H3. The topological polar surface area (TPSA) is 49.8 Å². The SMILES string of the molecule is CCN(Cc1csc(C(C)=O)c1)C1COCC1O. The fraction of sp³-hybridized carbons (Fsp3) is 0.615. The lowest BCUT2D eigenvalue weighted by Crippen LogP contribution is -2.42. The predicted octanol–water partition coefficient (Wildman–Crippen LogP) is 1.53. The number of aliphatic hydroxyl groups excluding tert-OH is 1. The molecule has 1 fully saturated rings. The first-order valence-corrected chi connectivity index (χ1v) is 7.08. The van der Waals surface area contributed by atoms with Crippen molar-refractivity contribution in [3.8, 4) is 0 Å². The molecule has 1 aliphatic heterocycles. The molecule has 2 atom stereocenters. The van der Waals surface area contributed by atoms with Crippen LogP contribution in [0.25, 0.3) is 0 Å². The molecule has 1 N–H and O–H groups in total. The van der Waals surface area contributed by atoms with Crippen molar-refractivity contribution < 1.29 is 14.6 Å². The van der Waals surface area contributed by atoms with Gasteiger partial charge in [0.25, 0.3) is 0 Å². The molecule has 0 aliphatic carbocycles. The molecule has 5 heteroatoms. The number of hydrogen-bond donors (Lipinski definition) is 1. The average molecular weight is 269 g/mol. The monoisotopic (exact) mass is 269 g/mol. The Kier molecular flexibility index (Phi) is 4.50. The first-order chi connectivity index (χ1) is 8.61. The third-order valence-corrected chi connectivity index (χ3v) is 4.36. The van der Waals surface area contributed by atoms with Crippen LogP contribution in [0.4, 0.5) is 0 Å². The minimum absolute atomic E-state index is 0.0654. The van der Waals surface area contributed by atoms with Gasteiger partial charge in [-0.1, -0.05) is 6.92 Å². The van der Waals surface area contributed by atoms with E-state index in [1.807, 2.05) is 11.4 Å². The van der Waals surface area contributed by atoms with Crippen molar-refractivity contribution in [3.05, 3.63) is 21.9 Å². The van der Waals surface area contributed by atoms with Crippen LogP contribution in [0.1, 0.15) is 29.1 Å². The molecule has 18 heavy (non-hydrogen) atoms. The van der Waals surface area contributed by atoms with E-state index in [0.29, 0.717) is 13.2 Å². The summed E-state index contributed by atoms with van der Waals surface area (Å²) in [5, 5.41) is 11.9. The van der Waals surface area contributed by atoms with Gasteiger partial charge in [-0.3, -0.25) is 9.69 Å². The van der Waals surface area contributed by atoms with E-state index in [0.717, 1.165) is 23.5 Å². The molecule has 0 spiro atoms. The number of Topliss-reactive ketones (excluding diaryl/α,β-unsaturated/α-hetero) is 1. The summed E-state index contributed by atoms with van der Waals surface area (Å²) < 4.78 is 5.29. The number of rotatable bonds is 5. The fourth-order valence-electron chi connectivity index (χ4n) is 2.22. The number of carbonyl (C=O) groups excluding carboxylic acids is 1. The minimum Gasteiger partial charge on any atom is -0.389 e. The Balaban J connectivity index is 2.03. The maximum absolute atomic E-state index is 11.3. The molecule has 0 saturated carbocycles. The lowest BCUT2D eigenvalue weighted by atomic mass is 10.1. The summed E-state index contributed by atoms with van der Waals surface area (Å²) in [5.41, 5.74) is 1.13. The van der Waals surface area contributed by atoms with Crippen LogP contribution in [0.3, 0.4) is 0 Å². The maximum atomic E-state index is 11.3. The molecular formula is C13H19NO3S. The Morgan fingerprint density at radius 1 is 1.61 bits per heavy atom. The van der Waals surface area contributed by atoms with Gasteiger partial charge >= 0.3 is 0 Å². The second-order valence-electron chi connectivity index (χ2n) is 4.61. The van der Waals surface area contributed by atoms with Gasteiger partial charge in [-0.2, -0.15) is 0 Å². The van der Waals surface area contributed by atoms with Gasteiger partial charge in [0.2, 0.25) is 0 Å². The minimum atomic E-state index is -0.407. The quantitative estimate of drug-likeness (QED) is 0.824. The highest BCUT2D eigenvalue weighted by molar-refractivity contribution is 7.12. The molecule has 1 aromatic rings. The zero-order chi connectivity index (χ0) is 13.1. The summed E-state index contributed by atoms with van der Waals surface area (Å²) in [6, 6.07) is 2.01. The second-order valence-corrected chi connectivity index (χ2v) is 5.52. The number of likely N-dealkylation sites (N-methyl/N-ethyl adjacent to an activating group) is 1. The van der Waals surface area contributed by atoms with E-state index in [9.17, 15) is 9.90 Å². The highest BCUT2D eigenvalue weighted by Gasteiger charge is 2.30. The first-order valence-electron chi connectivity index (χ1n) is 6.20. The van der Waals surface area contributed by atoms with Gasteiger partial charge in [0.1, 0.15) is 0 Å². The van der Waals surface area contributed by atoms with Crippen molar-refractivity contribution in [2.45, 2.75) is 32.5 Å². The molecule has 4 nitrogen and oxygen atoms in total. The number of hydrogen-bond acceptors (Lipinski definition) is 5. The Morgan fingerprint density at radius 2 is 2.39 bits per heavy atom. The molecule has 0 aromatic carbocycles. The van der Waals surface area contributed by atoms with Crippen molar-refractivity contribution in [2.24, 2.45) is 0 Å². The Hall–Kier alpha value is -0.750. The Morgan fingerprint density at radius 3 is 2.89 bits per heavy atom. The van der Waals surface area contributed by atoms with Crippen LogP contribution in [0, 0.1) is 0 Å². The van der Waals surface area contributed by atoms with E-state index < -0.39 is 6.10 Å². The van der Waals surface area contributed by atoms with Gasteiger partial charge in [-0.15, -0.1) is 11.3 Å². The number of thiophene rings is 1. The van der Waals surface area contributed by atoms with Gasteiger partial charge in [0.15, 0.2) is 5.78 Å². The molecule has 0 radical (unpaired) electrons. The van der Waals surface area contributed by atoms with Gasteiger partial charge in [0.05, 0.1) is 30.2 Å². The van der Waals surface area contributed by atoms with Crippen molar-refractivity contribution in [2.75, 3.05) is 19.8 Å². The molecule has 0 bridgehead atoms. The second kappa shape index (κ2) is 5.93. The van der Waals surface area contributed by atoms with Crippen molar-refractivity contribution in [1.82, 2.24) is 4.90 Å². The van der Waals surface area contributed by atoms with Crippen molar-refractivity contribution in [3.63, 3.8) is 0 Å². The van der Waals surface area contributed by atoms with E-state index in [2.05, 4.69) is 11.8 Å². The van der Waals surface area contributed by atoms with E-state index in [1.165, 1.54) is 11.3 Å². The highest BCUT2D eigenvalue weighted by Crippen LogP contribution is 2.20. The molecule has 2 unspecified atom stereocenters. The molecule has 2 heterocycles. The third kappa shape index (κ3) is 2.98. The smallest absolute Gasteiger partial charge is 0.169 e. The predicted molar refractivity (Wildman–Crippen MR) is 71.0 cm³/mol. The van der Waals surface area contributed by atoms with E-state index in [-0.39, 0.29) is 11.8 Å². The fourth-order valence-corrected chi connectivity index (χ4v) is 3.03.